The summed E-state index contributed by atoms with van der Waals surface area (Å²) < 4.78 is 49.1. The lowest BCUT2D eigenvalue weighted by Crippen LogP contribution is -2.33. The molecule has 4 aromatic carbocycles. The number of carbonyl (C=O) groups excluding carboxylic acids is 1. The van der Waals surface area contributed by atoms with Gasteiger partial charge in [0.25, 0.3) is 0 Å². The first-order valence-corrected chi connectivity index (χ1v) is 12.6. The van der Waals surface area contributed by atoms with Crippen LogP contribution in [0.15, 0.2) is 97.1 Å². The second-order valence-electron chi connectivity index (χ2n) is 9.13. The summed E-state index contributed by atoms with van der Waals surface area (Å²) >= 11 is 0. The summed E-state index contributed by atoms with van der Waals surface area (Å²) in [6.45, 7) is 4.36. The average molecular weight is 518 g/mol. The van der Waals surface area contributed by atoms with Crippen molar-refractivity contribution in [3.8, 4) is 11.1 Å². The van der Waals surface area contributed by atoms with Crippen molar-refractivity contribution >= 4 is 5.97 Å². The monoisotopic (exact) mass is 517 g/mol. The molecule has 3 nitrogen and oxygen atoms in total. The van der Waals surface area contributed by atoms with Crippen LogP contribution in [-0.2, 0) is 16.1 Å². The van der Waals surface area contributed by atoms with E-state index in [1.54, 1.807) is 13.0 Å². The summed E-state index contributed by atoms with van der Waals surface area (Å²) in [5.41, 5.74) is 2.76. The van der Waals surface area contributed by atoms with Gasteiger partial charge in [-0.25, -0.2) is 13.2 Å². The first kappa shape index (κ1) is 27.1. The maximum atomic E-state index is 15.6. The molecule has 0 heterocycles. The predicted molar refractivity (Wildman–Crippen MR) is 143 cm³/mol. The van der Waals surface area contributed by atoms with Gasteiger partial charge in [0.1, 0.15) is 17.5 Å². The number of benzene rings is 4. The number of hydrogen-bond donors (Lipinski definition) is 0. The summed E-state index contributed by atoms with van der Waals surface area (Å²) in [6.07, 6.45) is -0.107. The Balaban J connectivity index is 1.85. The van der Waals surface area contributed by atoms with E-state index in [9.17, 15) is 13.6 Å². The minimum atomic E-state index is -0.747. The van der Waals surface area contributed by atoms with Crippen molar-refractivity contribution in [2.45, 2.75) is 38.9 Å². The second kappa shape index (κ2) is 12.6. The number of esters is 1. The summed E-state index contributed by atoms with van der Waals surface area (Å²) in [7, 11) is 0. The predicted octanol–water partition coefficient (Wildman–Crippen LogP) is 8.03. The van der Waals surface area contributed by atoms with Crippen LogP contribution < -0.4 is 0 Å². The normalized spacial score (nSPS) is 12.8. The lowest BCUT2D eigenvalue weighted by atomic mass is 9.93. The molecule has 0 aliphatic carbocycles. The van der Waals surface area contributed by atoms with Gasteiger partial charge in [0.05, 0.1) is 13.0 Å². The molecule has 2 atom stereocenters. The number of rotatable bonds is 10. The molecule has 0 spiro atoms. The molecule has 0 aromatic heterocycles. The van der Waals surface area contributed by atoms with Gasteiger partial charge in [-0.2, -0.15) is 0 Å². The van der Waals surface area contributed by atoms with Crippen LogP contribution in [0.25, 0.3) is 11.1 Å². The van der Waals surface area contributed by atoms with E-state index >= 15 is 4.39 Å². The zero-order chi connectivity index (χ0) is 27.1. The zero-order valence-electron chi connectivity index (χ0n) is 21.4. The van der Waals surface area contributed by atoms with E-state index in [2.05, 4.69) is 4.90 Å². The SMILES string of the molecule is CCOC(=O)C[C@@H](c1cc(-c2ccc(F)cc2F)ccc1F)N(Cc1ccccc1)[C@H](C)c1ccccc1. The zero-order valence-corrected chi connectivity index (χ0v) is 21.4. The van der Waals surface area contributed by atoms with E-state index in [1.807, 2.05) is 67.6 Å². The van der Waals surface area contributed by atoms with Gasteiger partial charge in [0.2, 0.25) is 0 Å². The van der Waals surface area contributed by atoms with Gasteiger partial charge in [0, 0.05) is 35.8 Å². The van der Waals surface area contributed by atoms with Gasteiger partial charge < -0.3 is 4.74 Å². The van der Waals surface area contributed by atoms with Crippen molar-refractivity contribution in [1.82, 2.24) is 4.90 Å². The van der Waals surface area contributed by atoms with E-state index < -0.39 is 29.5 Å². The van der Waals surface area contributed by atoms with Crippen LogP contribution in [0, 0.1) is 17.5 Å². The minimum Gasteiger partial charge on any atom is -0.466 e. The van der Waals surface area contributed by atoms with Crippen LogP contribution in [0.4, 0.5) is 13.2 Å². The molecule has 0 N–H and O–H groups in total. The molecule has 0 amide bonds. The Morgan fingerprint density at radius 1 is 0.842 bits per heavy atom. The molecular formula is C32H30F3NO2. The van der Waals surface area contributed by atoms with E-state index in [4.69, 9.17) is 4.74 Å². The smallest absolute Gasteiger partial charge is 0.307 e. The summed E-state index contributed by atoms with van der Waals surface area (Å²) in [4.78, 5) is 14.9. The molecule has 0 saturated heterocycles. The van der Waals surface area contributed by atoms with E-state index in [1.165, 1.54) is 18.2 Å². The fourth-order valence-electron chi connectivity index (χ4n) is 4.71. The van der Waals surface area contributed by atoms with Crippen molar-refractivity contribution in [3.05, 3.63) is 131 Å². The largest absolute Gasteiger partial charge is 0.466 e. The summed E-state index contributed by atoms with van der Waals surface area (Å²) in [6, 6.07) is 26.1. The van der Waals surface area contributed by atoms with Crippen molar-refractivity contribution in [1.29, 1.82) is 0 Å². The van der Waals surface area contributed by atoms with Gasteiger partial charge in [0.15, 0.2) is 0 Å². The third-order valence-electron chi connectivity index (χ3n) is 6.65. The van der Waals surface area contributed by atoms with Crippen molar-refractivity contribution in [2.75, 3.05) is 6.61 Å². The van der Waals surface area contributed by atoms with E-state index in [-0.39, 0.29) is 30.2 Å². The molecule has 196 valence electrons. The van der Waals surface area contributed by atoms with Crippen LogP contribution in [0.3, 0.4) is 0 Å². The summed E-state index contributed by atoms with van der Waals surface area (Å²) in [5.74, 6) is -2.43. The molecule has 4 rings (SSSR count). The molecule has 0 bridgehead atoms. The highest BCUT2D eigenvalue weighted by Gasteiger charge is 2.31. The van der Waals surface area contributed by atoms with Crippen LogP contribution in [0.1, 0.15) is 49.0 Å². The van der Waals surface area contributed by atoms with Crippen molar-refractivity contribution < 1.29 is 22.7 Å². The topological polar surface area (TPSA) is 29.5 Å². The maximum Gasteiger partial charge on any atom is 0.307 e. The molecule has 0 saturated carbocycles. The Bertz CT molecular complexity index is 1360. The number of nitrogens with zero attached hydrogens (tertiary/aromatic N) is 1. The van der Waals surface area contributed by atoms with Crippen molar-refractivity contribution in [3.63, 3.8) is 0 Å². The highest BCUT2D eigenvalue weighted by molar-refractivity contribution is 5.71. The second-order valence-corrected chi connectivity index (χ2v) is 9.13. The maximum absolute atomic E-state index is 15.6. The molecule has 0 aliphatic rings. The molecule has 0 aliphatic heterocycles. The molecule has 38 heavy (non-hydrogen) atoms. The molecule has 0 radical (unpaired) electrons. The van der Waals surface area contributed by atoms with E-state index in [0.29, 0.717) is 12.1 Å². The Morgan fingerprint density at radius 2 is 1.53 bits per heavy atom. The fourth-order valence-corrected chi connectivity index (χ4v) is 4.71. The molecule has 0 fully saturated rings. The fraction of sp³-hybridized carbons (Fsp3) is 0.219. The Kier molecular flexibility index (Phi) is 8.98. The van der Waals surface area contributed by atoms with Gasteiger partial charge >= 0.3 is 5.97 Å². The Labute approximate surface area is 221 Å². The molecule has 6 heteroatoms. The molecule has 4 aromatic rings. The first-order chi connectivity index (χ1) is 18.4. The highest BCUT2D eigenvalue weighted by Crippen LogP contribution is 2.38. The third-order valence-corrected chi connectivity index (χ3v) is 6.65. The third kappa shape index (κ3) is 6.50. The molecular weight excluding hydrogens is 487 g/mol. The van der Waals surface area contributed by atoms with Gasteiger partial charge in [-0.15, -0.1) is 0 Å². The van der Waals surface area contributed by atoms with Crippen LogP contribution >= 0.6 is 0 Å². The van der Waals surface area contributed by atoms with Gasteiger partial charge in [-0.3, -0.25) is 9.69 Å². The summed E-state index contributed by atoms with van der Waals surface area (Å²) in [5, 5.41) is 0. The average Bonchev–Trinajstić information content (AvgIpc) is 2.92. The Hall–Kier alpha value is -3.90. The lowest BCUT2D eigenvalue weighted by Gasteiger charge is -2.37. The number of ether oxygens (including phenoxy) is 1. The van der Waals surface area contributed by atoms with Gasteiger partial charge in [-0.05, 0) is 54.8 Å². The first-order valence-electron chi connectivity index (χ1n) is 12.6. The van der Waals surface area contributed by atoms with Crippen LogP contribution in [-0.4, -0.2) is 17.5 Å². The van der Waals surface area contributed by atoms with Crippen molar-refractivity contribution in [2.24, 2.45) is 0 Å². The van der Waals surface area contributed by atoms with E-state index in [0.717, 1.165) is 23.3 Å². The van der Waals surface area contributed by atoms with Crippen LogP contribution in [0.5, 0.6) is 0 Å². The van der Waals surface area contributed by atoms with Crippen LogP contribution in [0.2, 0.25) is 0 Å². The lowest BCUT2D eigenvalue weighted by molar-refractivity contribution is -0.145. The standard InChI is InChI=1S/C32H30F3NO2/c1-3-38-32(37)20-31(28-18-25(14-17-29(28)34)27-16-15-26(33)19-30(27)35)36(21-23-10-6-4-7-11-23)22(2)24-12-8-5-9-13-24/h4-19,22,31H,3,20-21H2,1-2H3/t22-,31+/m1/s1. The number of carbonyl (C=O) groups is 1. The number of halogens is 3. The Morgan fingerprint density at radius 3 is 2.18 bits per heavy atom. The number of hydrogen-bond acceptors (Lipinski definition) is 3. The van der Waals surface area contributed by atoms with Gasteiger partial charge in [-0.1, -0.05) is 66.7 Å². The minimum absolute atomic E-state index is 0.107. The quantitative estimate of drug-likeness (QED) is 0.200. The highest BCUT2D eigenvalue weighted by atomic mass is 19.1. The molecule has 0 unspecified atom stereocenters.